The van der Waals surface area contributed by atoms with Gasteiger partial charge in [0.15, 0.2) is 0 Å². The van der Waals surface area contributed by atoms with E-state index in [-0.39, 0.29) is 23.3 Å². The second kappa shape index (κ2) is 5.87. The molecule has 1 saturated heterocycles. The number of nitrogens with one attached hydrogen (secondary N) is 1. The zero-order valence-corrected chi connectivity index (χ0v) is 11.3. The molecular weight excluding hydrogens is 260 g/mol. The topological polar surface area (TPSA) is 102 Å². The van der Waals surface area contributed by atoms with E-state index in [4.69, 9.17) is 5.84 Å². The summed E-state index contributed by atoms with van der Waals surface area (Å²) in [4.78, 5) is 24.7. The summed E-state index contributed by atoms with van der Waals surface area (Å²) in [6.45, 7) is 2.75. The van der Waals surface area contributed by atoms with Gasteiger partial charge in [0.05, 0.1) is 4.92 Å². The van der Waals surface area contributed by atoms with Crippen LogP contribution in [0.25, 0.3) is 0 Å². The fourth-order valence-electron chi connectivity index (χ4n) is 2.63. The molecule has 0 bridgehead atoms. The maximum Gasteiger partial charge on any atom is 0.294 e. The smallest absolute Gasteiger partial charge is 0.294 e. The molecule has 1 heterocycles. The monoisotopic (exact) mass is 278 g/mol. The first-order chi connectivity index (χ1) is 9.58. The van der Waals surface area contributed by atoms with Crippen LogP contribution in [0.3, 0.4) is 0 Å². The first kappa shape index (κ1) is 14.3. The molecule has 1 aliphatic heterocycles. The number of carbonyl (C=O) groups is 1. The number of hydrogen-bond donors (Lipinski definition) is 2. The average Bonchev–Trinajstić information content (AvgIpc) is 2.94. The normalized spacial score (nSPS) is 18.1. The molecule has 0 saturated carbocycles. The molecule has 1 aromatic carbocycles. The van der Waals surface area contributed by atoms with Crippen LogP contribution >= 0.6 is 0 Å². The third-order valence-electron chi connectivity index (χ3n) is 3.71. The van der Waals surface area contributed by atoms with Crippen LogP contribution in [-0.2, 0) is 0 Å². The van der Waals surface area contributed by atoms with Crippen molar-refractivity contribution >= 4 is 17.3 Å². The largest absolute Gasteiger partial charge is 0.336 e. The van der Waals surface area contributed by atoms with E-state index in [0.29, 0.717) is 12.1 Å². The van der Waals surface area contributed by atoms with E-state index in [1.54, 1.807) is 11.0 Å². The van der Waals surface area contributed by atoms with Crippen molar-refractivity contribution in [2.45, 2.75) is 32.2 Å². The predicted octanol–water partition coefficient (Wildman–Crippen LogP) is 1.90. The Bertz CT molecular complexity index is 532. The van der Waals surface area contributed by atoms with Gasteiger partial charge in [-0.25, -0.2) is 0 Å². The second-order valence-electron chi connectivity index (χ2n) is 4.84. The van der Waals surface area contributed by atoms with E-state index < -0.39 is 4.92 Å². The molecule has 1 atom stereocenters. The molecule has 1 aliphatic rings. The molecule has 108 valence electrons. The summed E-state index contributed by atoms with van der Waals surface area (Å²) in [6.07, 6.45) is 2.87. The highest BCUT2D eigenvalue weighted by molar-refractivity contribution is 5.96. The van der Waals surface area contributed by atoms with Gasteiger partial charge in [-0.3, -0.25) is 20.8 Å². The third kappa shape index (κ3) is 2.57. The van der Waals surface area contributed by atoms with Crippen LogP contribution in [0.4, 0.5) is 11.4 Å². The van der Waals surface area contributed by atoms with Crippen LogP contribution in [0.15, 0.2) is 18.2 Å². The lowest BCUT2D eigenvalue weighted by molar-refractivity contribution is -0.384. The van der Waals surface area contributed by atoms with Crippen molar-refractivity contribution in [2.24, 2.45) is 5.84 Å². The Hall–Kier alpha value is -2.15. The molecule has 0 spiro atoms. The van der Waals surface area contributed by atoms with Gasteiger partial charge in [-0.2, -0.15) is 0 Å². The van der Waals surface area contributed by atoms with Crippen molar-refractivity contribution in [1.82, 2.24) is 4.90 Å². The van der Waals surface area contributed by atoms with Gasteiger partial charge in [0.2, 0.25) is 0 Å². The Labute approximate surface area is 116 Å². The van der Waals surface area contributed by atoms with Gasteiger partial charge in [-0.15, -0.1) is 0 Å². The van der Waals surface area contributed by atoms with Gasteiger partial charge >= 0.3 is 0 Å². The summed E-state index contributed by atoms with van der Waals surface area (Å²) in [5.74, 6) is 5.08. The number of nitrogens with zero attached hydrogens (tertiary/aromatic N) is 2. The van der Waals surface area contributed by atoms with Gasteiger partial charge in [0, 0.05) is 24.2 Å². The van der Waals surface area contributed by atoms with Gasteiger partial charge in [-0.05, 0) is 31.4 Å². The molecule has 0 aliphatic carbocycles. The standard InChI is InChI=1S/C13H18N4O3/c1-2-10-4-3-7-16(10)13(18)9-5-6-11(15-14)12(8-9)17(19)20/h5-6,8,10,15H,2-4,7,14H2,1H3. The number of amides is 1. The van der Waals surface area contributed by atoms with Crippen molar-refractivity contribution < 1.29 is 9.72 Å². The molecule has 2 rings (SSSR count). The molecule has 7 heteroatoms. The van der Waals surface area contributed by atoms with Crippen molar-refractivity contribution in [2.75, 3.05) is 12.0 Å². The van der Waals surface area contributed by atoms with Crippen molar-refractivity contribution in [3.05, 3.63) is 33.9 Å². The van der Waals surface area contributed by atoms with Crippen LogP contribution in [-0.4, -0.2) is 28.3 Å². The fraction of sp³-hybridized carbons (Fsp3) is 0.462. The molecule has 1 fully saturated rings. The highest BCUT2D eigenvalue weighted by Gasteiger charge is 2.29. The number of benzene rings is 1. The van der Waals surface area contributed by atoms with Crippen LogP contribution in [0, 0.1) is 10.1 Å². The Morgan fingerprint density at radius 1 is 1.60 bits per heavy atom. The fourth-order valence-corrected chi connectivity index (χ4v) is 2.63. The highest BCUT2D eigenvalue weighted by Crippen LogP contribution is 2.27. The molecule has 1 unspecified atom stereocenters. The van der Waals surface area contributed by atoms with E-state index >= 15 is 0 Å². The maximum absolute atomic E-state index is 12.4. The number of nitro groups is 1. The van der Waals surface area contributed by atoms with Gasteiger partial charge in [-0.1, -0.05) is 6.92 Å². The van der Waals surface area contributed by atoms with E-state index in [2.05, 4.69) is 5.43 Å². The van der Waals surface area contributed by atoms with Crippen molar-refractivity contribution in [3.63, 3.8) is 0 Å². The molecular formula is C13H18N4O3. The highest BCUT2D eigenvalue weighted by atomic mass is 16.6. The first-order valence-electron chi connectivity index (χ1n) is 6.64. The third-order valence-corrected chi connectivity index (χ3v) is 3.71. The predicted molar refractivity (Wildman–Crippen MR) is 75.3 cm³/mol. The second-order valence-corrected chi connectivity index (χ2v) is 4.84. The maximum atomic E-state index is 12.4. The Kier molecular flexibility index (Phi) is 4.19. The van der Waals surface area contributed by atoms with Crippen LogP contribution in [0.5, 0.6) is 0 Å². The van der Waals surface area contributed by atoms with Gasteiger partial charge in [0.1, 0.15) is 5.69 Å². The average molecular weight is 278 g/mol. The number of anilines is 1. The molecule has 7 nitrogen and oxygen atoms in total. The lowest BCUT2D eigenvalue weighted by atomic mass is 10.1. The van der Waals surface area contributed by atoms with E-state index in [1.807, 2.05) is 6.92 Å². The lowest BCUT2D eigenvalue weighted by Crippen LogP contribution is -2.35. The molecule has 0 radical (unpaired) electrons. The Morgan fingerprint density at radius 3 is 2.95 bits per heavy atom. The lowest BCUT2D eigenvalue weighted by Gasteiger charge is -2.23. The minimum absolute atomic E-state index is 0.152. The van der Waals surface area contributed by atoms with Gasteiger partial charge in [0.25, 0.3) is 11.6 Å². The van der Waals surface area contributed by atoms with E-state index in [0.717, 1.165) is 19.3 Å². The summed E-state index contributed by atoms with van der Waals surface area (Å²) >= 11 is 0. The van der Waals surface area contributed by atoms with Crippen molar-refractivity contribution in [1.29, 1.82) is 0 Å². The van der Waals surface area contributed by atoms with Crippen LogP contribution in [0.1, 0.15) is 36.5 Å². The number of rotatable bonds is 4. The summed E-state index contributed by atoms with van der Waals surface area (Å²) < 4.78 is 0. The molecule has 20 heavy (non-hydrogen) atoms. The zero-order valence-electron chi connectivity index (χ0n) is 11.3. The number of nitrogens with two attached hydrogens (primary N) is 1. The van der Waals surface area contributed by atoms with Gasteiger partial charge < -0.3 is 10.3 Å². The molecule has 1 amide bonds. The minimum Gasteiger partial charge on any atom is -0.336 e. The molecule has 3 N–H and O–H groups in total. The van der Waals surface area contributed by atoms with Crippen LogP contribution < -0.4 is 11.3 Å². The Morgan fingerprint density at radius 2 is 2.35 bits per heavy atom. The summed E-state index contributed by atoms with van der Waals surface area (Å²) in [6, 6.07) is 4.54. The Balaban J connectivity index is 2.31. The number of hydrogen-bond acceptors (Lipinski definition) is 5. The van der Waals surface area contributed by atoms with Crippen molar-refractivity contribution in [3.8, 4) is 0 Å². The number of hydrazine groups is 1. The molecule has 0 aromatic heterocycles. The summed E-state index contributed by atoms with van der Waals surface area (Å²) in [5.41, 5.74) is 2.60. The summed E-state index contributed by atoms with van der Waals surface area (Å²) in [7, 11) is 0. The molecule has 1 aromatic rings. The number of carbonyl (C=O) groups excluding carboxylic acids is 1. The van der Waals surface area contributed by atoms with E-state index in [9.17, 15) is 14.9 Å². The number of nitro benzene ring substituents is 1. The first-order valence-corrected chi connectivity index (χ1v) is 6.64. The zero-order chi connectivity index (χ0) is 14.7. The van der Waals surface area contributed by atoms with Crippen LogP contribution in [0.2, 0.25) is 0 Å². The summed E-state index contributed by atoms with van der Waals surface area (Å²) in [5, 5.41) is 11.0. The SMILES string of the molecule is CCC1CCCN1C(=O)c1ccc(NN)c([N+](=O)[O-])c1. The quantitative estimate of drug-likeness (QED) is 0.497. The minimum atomic E-state index is -0.548. The van der Waals surface area contributed by atoms with E-state index in [1.165, 1.54) is 12.1 Å². The number of nitrogen functional groups attached to an aromatic ring is 1. The number of likely N-dealkylation sites (tertiary alicyclic amines) is 1.